The van der Waals surface area contributed by atoms with Gasteiger partial charge in [0, 0.05) is 11.6 Å². The minimum absolute atomic E-state index is 0.307. The normalized spacial score (nSPS) is 12.9. The van der Waals surface area contributed by atoms with Crippen LogP contribution in [0, 0.1) is 10.1 Å². The lowest BCUT2D eigenvalue weighted by atomic mass is 10.1. The lowest BCUT2D eigenvalue weighted by Crippen LogP contribution is -2.46. The smallest absolute Gasteiger partial charge is 0.321 e. The Labute approximate surface area is 167 Å². The van der Waals surface area contributed by atoms with Crippen molar-refractivity contribution in [1.82, 2.24) is 10.0 Å². The Morgan fingerprint density at radius 1 is 1.32 bits per heavy atom. The number of sulfonamides is 1. The number of carbonyl (C=O) groups is 2. The average Bonchev–Trinajstić information content (AvgIpc) is 2.57. The quantitative estimate of drug-likeness (QED) is 0.271. The summed E-state index contributed by atoms with van der Waals surface area (Å²) in [6.07, 6.45) is 0.514. The molecule has 28 heavy (non-hydrogen) atoms. The van der Waals surface area contributed by atoms with Crippen LogP contribution in [-0.2, 0) is 24.3 Å². The number of thioether (sulfide) groups is 1. The minimum Gasteiger partial charge on any atom is -0.452 e. The van der Waals surface area contributed by atoms with Gasteiger partial charge in [-0.3, -0.25) is 19.7 Å². The molecule has 0 bridgehead atoms. The van der Waals surface area contributed by atoms with Crippen LogP contribution in [0.2, 0.25) is 0 Å². The molecule has 0 saturated carbocycles. The van der Waals surface area contributed by atoms with Crippen LogP contribution in [-0.4, -0.2) is 49.7 Å². The number of hydrogen-bond donors (Lipinski definition) is 2. The van der Waals surface area contributed by atoms with Crippen LogP contribution in [0.3, 0.4) is 0 Å². The van der Waals surface area contributed by atoms with Crippen LogP contribution in [0.4, 0.5) is 5.69 Å². The van der Waals surface area contributed by atoms with Crippen LogP contribution in [0.15, 0.2) is 28.0 Å². The van der Waals surface area contributed by atoms with Gasteiger partial charge in [-0.25, -0.2) is 8.42 Å². The van der Waals surface area contributed by atoms with Gasteiger partial charge < -0.3 is 10.1 Å². The van der Waals surface area contributed by atoms with Gasteiger partial charge >= 0.3 is 5.97 Å². The number of carbonyl (C=O) groups excluding carboxylic acids is 2. The molecule has 0 aliphatic carbocycles. The van der Waals surface area contributed by atoms with E-state index in [4.69, 9.17) is 4.74 Å². The third-order valence-corrected chi connectivity index (χ3v) is 5.42. The maximum Gasteiger partial charge on any atom is 0.321 e. The molecule has 0 aliphatic heterocycles. The predicted octanol–water partition coefficient (Wildman–Crippen LogP) is 1.44. The highest BCUT2D eigenvalue weighted by Gasteiger charge is 2.25. The highest BCUT2D eigenvalue weighted by atomic mass is 32.2. The zero-order chi connectivity index (χ0) is 21.7. The Morgan fingerprint density at radius 3 is 2.43 bits per heavy atom. The first kappa shape index (κ1) is 23.9. The number of nitrogens with zero attached hydrogens (tertiary/aromatic N) is 1. The molecule has 2 N–H and O–H groups in total. The summed E-state index contributed by atoms with van der Waals surface area (Å²) < 4.78 is 31.5. The van der Waals surface area contributed by atoms with Gasteiger partial charge in [-0.05, 0) is 46.1 Å². The van der Waals surface area contributed by atoms with Crippen LogP contribution in [0.1, 0.15) is 27.7 Å². The number of nitro groups is 1. The maximum absolute atomic E-state index is 12.3. The van der Waals surface area contributed by atoms with Gasteiger partial charge in [0.2, 0.25) is 10.0 Å². The van der Waals surface area contributed by atoms with Crippen LogP contribution in [0.5, 0.6) is 0 Å². The van der Waals surface area contributed by atoms with E-state index in [0.717, 1.165) is 17.8 Å². The van der Waals surface area contributed by atoms with Crippen molar-refractivity contribution in [2.45, 2.75) is 49.1 Å². The van der Waals surface area contributed by atoms with E-state index in [9.17, 15) is 28.1 Å². The van der Waals surface area contributed by atoms with E-state index in [-0.39, 0.29) is 10.6 Å². The molecular weight excluding hydrogens is 410 g/mol. The number of esters is 1. The molecule has 1 rings (SSSR count). The molecule has 0 aromatic heterocycles. The molecular formula is C16H23N3O7S2. The Kier molecular flexibility index (Phi) is 7.96. The second-order valence-electron chi connectivity index (χ2n) is 6.79. The van der Waals surface area contributed by atoms with Crippen LogP contribution >= 0.6 is 11.8 Å². The van der Waals surface area contributed by atoms with E-state index in [2.05, 4.69) is 5.32 Å². The molecule has 1 unspecified atom stereocenters. The Balaban J connectivity index is 2.78. The Bertz CT molecular complexity index is 863. The molecule has 1 aromatic carbocycles. The molecule has 0 aliphatic rings. The summed E-state index contributed by atoms with van der Waals surface area (Å²) in [7, 11) is -4.19. The summed E-state index contributed by atoms with van der Waals surface area (Å²) in [4.78, 5) is 34.1. The second kappa shape index (κ2) is 9.34. The number of benzene rings is 1. The molecule has 1 amide bonds. The summed E-state index contributed by atoms with van der Waals surface area (Å²) in [5, 5.41) is 13.7. The van der Waals surface area contributed by atoms with Gasteiger partial charge in [0.1, 0.15) is 6.54 Å². The number of nitro benzene ring substituents is 1. The van der Waals surface area contributed by atoms with Crippen molar-refractivity contribution in [2.75, 3.05) is 12.8 Å². The zero-order valence-electron chi connectivity index (χ0n) is 16.1. The number of hydrogen-bond acceptors (Lipinski definition) is 8. The molecule has 1 atom stereocenters. The third kappa shape index (κ3) is 7.09. The van der Waals surface area contributed by atoms with Crippen molar-refractivity contribution >= 4 is 39.3 Å². The first-order chi connectivity index (χ1) is 12.8. The highest BCUT2D eigenvalue weighted by molar-refractivity contribution is 7.98. The van der Waals surface area contributed by atoms with E-state index in [0.29, 0.717) is 4.90 Å². The lowest BCUT2D eigenvalue weighted by Gasteiger charge is -2.23. The van der Waals surface area contributed by atoms with Gasteiger partial charge in [0.25, 0.3) is 11.6 Å². The minimum atomic E-state index is -4.19. The van der Waals surface area contributed by atoms with E-state index in [1.165, 1.54) is 19.1 Å². The Morgan fingerprint density at radius 2 is 1.93 bits per heavy atom. The van der Waals surface area contributed by atoms with Gasteiger partial charge in [-0.2, -0.15) is 4.72 Å². The monoisotopic (exact) mass is 433 g/mol. The Hall–Kier alpha value is -2.18. The summed E-state index contributed by atoms with van der Waals surface area (Å²) in [5.74, 6) is -1.48. The summed E-state index contributed by atoms with van der Waals surface area (Å²) >= 11 is 1.11. The van der Waals surface area contributed by atoms with E-state index >= 15 is 0 Å². The first-order valence-corrected chi connectivity index (χ1v) is 10.8. The van der Waals surface area contributed by atoms with E-state index in [1.807, 2.05) is 4.72 Å². The topological polar surface area (TPSA) is 145 Å². The fraction of sp³-hybridized carbons (Fsp3) is 0.500. The molecule has 156 valence electrons. The van der Waals surface area contributed by atoms with Crippen LogP contribution in [0.25, 0.3) is 0 Å². The van der Waals surface area contributed by atoms with Gasteiger partial charge in [-0.1, -0.05) is 0 Å². The molecule has 10 nitrogen and oxygen atoms in total. The molecule has 0 fully saturated rings. The number of nitrogens with one attached hydrogen (secondary N) is 2. The number of rotatable bonds is 8. The fourth-order valence-electron chi connectivity index (χ4n) is 1.98. The van der Waals surface area contributed by atoms with Gasteiger partial charge in [-0.15, -0.1) is 11.8 Å². The molecule has 12 heteroatoms. The van der Waals surface area contributed by atoms with E-state index in [1.54, 1.807) is 27.0 Å². The fourth-order valence-corrected chi connectivity index (χ4v) is 3.52. The second-order valence-corrected chi connectivity index (χ2v) is 9.40. The summed E-state index contributed by atoms with van der Waals surface area (Å²) in [6.45, 7) is 5.91. The van der Waals surface area contributed by atoms with Gasteiger partial charge in [0.15, 0.2) is 6.10 Å². The number of ether oxygens (including phenoxy) is 1. The molecule has 0 heterocycles. The van der Waals surface area contributed by atoms with Crippen molar-refractivity contribution in [3.63, 3.8) is 0 Å². The van der Waals surface area contributed by atoms with Crippen molar-refractivity contribution in [2.24, 2.45) is 0 Å². The van der Waals surface area contributed by atoms with Crippen molar-refractivity contribution < 1.29 is 27.7 Å². The molecule has 0 saturated heterocycles. The third-order valence-electron chi connectivity index (χ3n) is 3.24. The van der Waals surface area contributed by atoms with Gasteiger partial charge in [0.05, 0.1) is 14.7 Å². The SMILES string of the molecule is CSc1ccc(S(=O)(=O)NCC(=O)OC(C)C(=O)NC(C)(C)C)cc1[N+](=O)[O-]. The standard InChI is InChI=1S/C16H23N3O7S2/c1-10(15(21)18-16(2,3)4)26-14(20)9-17-28(24,25)11-6-7-13(27-5)12(8-11)19(22)23/h6-8,10,17H,9H2,1-5H3,(H,18,21). The van der Waals surface area contributed by atoms with Crippen molar-refractivity contribution in [3.05, 3.63) is 28.3 Å². The van der Waals surface area contributed by atoms with E-state index < -0.39 is 45.0 Å². The zero-order valence-corrected chi connectivity index (χ0v) is 17.8. The first-order valence-electron chi connectivity index (χ1n) is 8.10. The summed E-state index contributed by atoms with van der Waals surface area (Å²) in [5.41, 5.74) is -0.873. The largest absolute Gasteiger partial charge is 0.452 e. The average molecular weight is 434 g/mol. The highest BCUT2D eigenvalue weighted by Crippen LogP contribution is 2.29. The van der Waals surface area contributed by atoms with Crippen LogP contribution < -0.4 is 10.0 Å². The molecule has 1 aromatic rings. The lowest BCUT2D eigenvalue weighted by molar-refractivity contribution is -0.388. The number of amides is 1. The van der Waals surface area contributed by atoms with Crippen molar-refractivity contribution in [3.8, 4) is 0 Å². The van der Waals surface area contributed by atoms with Crippen molar-refractivity contribution in [1.29, 1.82) is 0 Å². The predicted molar refractivity (Wildman–Crippen MR) is 104 cm³/mol. The molecule has 0 radical (unpaired) electrons. The molecule has 0 spiro atoms. The summed E-state index contributed by atoms with van der Waals surface area (Å²) in [6, 6.07) is 3.43. The maximum atomic E-state index is 12.3.